The van der Waals surface area contributed by atoms with Gasteiger partial charge in [0.2, 0.25) is 0 Å². The molecule has 0 bridgehead atoms. The Hall–Kier alpha value is -4.81. The molecule has 2 saturated carbocycles. The number of halogens is 2. The molecule has 11 nitrogen and oxygen atoms in total. The fraction of sp³-hybridized carbons (Fsp3) is 0.321. The van der Waals surface area contributed by atoms with Crippen LogP contribution in [0.3, 0.4) is 0 Å². The number of amides is 2. The number of hydrogen-bond donors (Lipinski definition) is 4. The van der Waals surface area contributed by atoms with Gasteiger partial charge in [-0.15, -0.1) is 5.10 Å². The highest BCUT2D eigenvalue weighted by molar-refractivity contribution is 6.03. The standard InChI is InChI=1S/C28H28F2N8O3/c29-20-15-31-13-10-21(20)34-26(39)23-16-32-25-22(33-17-6-7-17)14-24(36-38(23)25)35-28(30)11-8-19(9-12-28)37(27(40)41)18-4-2-1-3-5-18/h1-5,10,13-17,19,33H,6-9,11-12H2,(H,35,36)(H,40,41)(H,31,34,39). The lowest BCUT2D eigenvalue weighted by atomic mass is 9.88. The second kappa shape index (κ2) is 10.6. The van der Waals surface area contributed by atoms with Crippen LogP contribution in [-0.4, -0.2) is 54.6 Å². The van der Waals surface area contributed by atoms with Crippen LogP contribution in [-0.2, 0) is 0 Å². The molecule has 0 saturated heterocycles. The largest absolute Gasteiger partial charge is 0.465 e. The van der Waals surface area contributed by atoms with Crippen molar-refractivity contribution in [1.29, 1.82) is 0 Å². The zero-order valence-corrected chi connectivity index (χ0v) is 21.9. The van der Waals surface area contributed by atoms with Crippen molar-refractivity contribution in [2.75, 3.05) is 20.9 Å². The van der Waals surface area contributed by atoms with Gasteiger partial charge in [-0.3, -0.25) is 14.7 Å². The molecule has 3 heterocycles. The number of hydrogen-bond acceptors (Lipinski definition) is 7. The topological polar surface area (TPSA) is 137 Å². The summed E-state index contributed by atoms with van der Waals surface area (Å²) in [7, 11) is 0. The van der Waals surface area contributed by atoms with Gasteiger partial charge in [0.05, 0.1) is 23.8 Å². The van der Waals surface area contributed by atoms with Crippen LogP contribution in [0.4, 0.5) is 36.5 Å². The molecular weight excluding hydrogens is 534 g/mol. The first kappa shape index (κ1) is 26.4. The van der Waals surface area contributed by atoms with Crippen molar-refractivity contribution in [3.05, 3.63) is 72.6 Å². The van der Waals surface area contributed by atoms with Gasteiger partial charge in [0.1, 0.15) is 0 Å². The van der Waals surface area contributed by atoms with Gasteiger partial charge in [-0.1, -0.05) is 18.2 Å². The Bertz CT molecular complexity index is 1590. The lowest BCUT2D eigenvalue weighted by molar-refractivity contribution is 0.101. The second-order valence-corrected chi connectivity index (χ2v) is 10.4. The molecule has 41 heavy (non-hydrogen) atoms. The molecule has 0 radical (unpaired) electrons. The minimum Gasteiger partial charge on any atom is -0.465 e. The average Bonchev–Trinajstić information content (AvgIpc) is 3.66. The molecule has 6 rings (SSSR count). The number of carbonyl (C=O) groups is 2. The third kappa shape index (κ3) is 5.60. The van der Waals surface area contributed by atoms with E-state index in [2.05, 4.69) is 31.0 Å². The number of alkyl halides is 1. The highest BCUT2D eigenvalue weighted by atomic mass is 19.1. The maximum absolute atomic E-state index is 16.1. The van der Waals surface area contributed by atoms with Gasteiger partial charge in [-0.2, -0.15) is 0 Å². The highest BCUT2D eigenvalue weighted by Gasteiger charge is 2.39. The lowest BCUT2D eigenvalue weighted by Crippen LogP contribution is -2.47. The van der Waals surface area contributed by atoms with Crippen molar-refractivity contribution in [2.45, 2.75) is 56.4 Å². The number of fused-ring (bicyclic) bond motifs is 1. The predicted molar refractivity (Wildman–Crippen MR) is 148 cm³/mol. The number of imidazole rings is 1. The number of pyridine rings is 1. The number of para-hydroxylation sites is 1. The molecule has 13 heteroatoms. The predicted octanol–water partition coefficient (Wildman–Crippen LogP) is 5.29. The van der Waals surface area contributed by atoms with Crippen LogP contribution in [0.25, 0.3) is 5.65 Å². The molecule has 2 fully saturated rings. The lowest BCUT2D eigenvalue weighted by Gasteiger charge is -2.38. The smallest absolute Gasteiger partial charge is 0.412 e. The summed E-state index contributed by atoms with van der Waals surface area (Å²) >= 11 is 0. The molecule has 4 N–H and O–H groups in total. The number of carbonyl (C=O) groups excluding carboxylic acids is 1. The summed E-state index contributed by atoms with van der Waals surface area (Å²) in [6.45, 7) is 0. The summed E-state index contributed by atoms with van der Waals surface area (Å²) < 4.78 is 31.5. The molecule has 2 aliphatic carbocycles. The molecule has 3 aromatic heterocycles. The van der Waals surface area contributed by atoms with Gasteiger partial charge >= 0.3 is 6.09 Å². The van der Waals surface area contributed by atoms with Crippen molar-refractivity contribution in [2.24, 2.45) is 0 Å². The van der Waals surface area contributed by atoms with Crippen molar-refractivity contribution in [3.8, 4) is 0 Å². The quantitative estimate of drug-likeness (QED) is 0.213. The minimum absolute atomic E-state index is 0.0373. The fourth-order valence-corrected chi connectivity index (χ4v) is 5.14. The maximum Gasteiger partial charge on any atom is 0.412 e. The Morgan fingerprint density at radius 3 is 2.49 bits per heavy atom. The Kier molecular flexibility index (Phi) is 6.85. The summed E-state index contributed by atoms with van der Waals surface area (Å²) in [5, 5.41) is 23.1. The van der Waals surface area contributed by atoms with E-state index in [9.17, 15) is 19.1 Å². The van der Waals surface area contributed by atoms with E-state index in [1.54, 1.807) is 30.3 Å². The summed E-state index contributed by atoms with van der Waals surface area (Å²) in [6, 6.07) is 11.6. The first-order valence-corrected chi connectivity index (χ1v) is 13.4. The monoisotopic (exact) mass is 562 g/mol. The van der Waals surface area contributed by atoms with Crippen LogP contribution >= 0.6 is 0 Å². The van der Waals surface area contributed by atoms with Crippen molar-refractivity contribution in [1.82, 2.24) is 19.6 Å². The Morgan fingerprint density at radius 2 is 1.80 bits per heavy atom. The zero-order valence-electron chi connectivity index (χ0n) is 21.9. The summed E-state index contributed by atoms with van der Waals surface area (Å²) in [5.41, 5.74) is 1.49. The van der Waals surface area contributed by atoms with Gasteiger partial charge in [-0.05, 0) is 43.9 Å². The average molecular weight is 563 g/mol. The SMILES string of the molecule is O=C(Nc1ccncc1F)c1cnc2c(NC3CC3)cc(NC3(F)CCC(N(C(=O)O)c4ccccc4)CC3)nn12. The summed E-state index contributed by atoms with van der Waals surface area (Å²) in [6.07, 6.45) is 5.26. The molecule has 1 aromatic carbocycles. The summed E-state index contributed by atoms with van der Waals surface area (Å²) in [4.78, 5) is 34.4. The van der Waals surface area contributed by atoms with E-state index >= 15 is 4.39 Å². The van der Waals surface area contributed by atoms with E-state index in [0.29, 0.717) is 29.9 Å². The Morgan fingerprint density at radius 1 is 1.05 bits per heavy atom. The van der Waals surface area contributed by atoms with Crippen LogP contribution < -0.4 is 20.9 Å². The van der Waals surface area contributed by atoms with Crippen molar-refractivity contribution in [3.63, 3.8) is 0 Å². The van der Waals surface area contributed by atoms with Crippen LogP contribution in [0, 0.1) is 5.82 Å². The molecule has 212 valence electrons. The molecular formula is C28H28F2N8O3. The van der Waals surface area contributed by atoms with Crippen molar-refractivity contribution >= 4 is 40.5 Å². The fourth-order valence-electron chi connectivity index (χ4n) is 5.14. The molecule has 2 aliphatic rings. The molecule has 0 spiro atoms. The van der Waals surface area contributed by atoms with Gasteiger partial charge in [0.25, 0.3) is 5.91 Å². The number of nitrogens with one attached hydrogen (secondary N) is 3. The van der Waals surface area contributed by atoms with E-state index in [-0.39, 0.29) is 42.1 Å². The molecule has 0 atom stereocenters. The highest BCUT2D eigenvalue weighted by Crippen LogP contribution is 2.37. The van der Waals surface area contributed by atoms with Gasteiger partial charge in [0, 0.05) is 42.9 Å². The normalized spacial score (nSPS) is 20.4. The first-order chi connectivity index (χ1) is 19.8. The van der Waals surface area contributed by atoms with Crippen LogP contribution in [0.2, 0.25) is 0 Å². The first-order valence-electron chi connectivity index (χ1n) is 13.4. The van der Waals surface area contributed by atoms with Gasteiger partial charge < -0.3 is 21.1 Å². The van der Waals surface area contributed by atoms with Crippen LogP contribution in [0.5, 0.6) is 0 Å². The number of carboxylic acid groups (broad SMARTS) is 1. The van der Waals surface area contributed by atoms with E-state index in [1.165, 1.54) is 27.9 Å². The Balaban J connectivity index is 1.24. The second-order valence-electron chi connectivity index (χ2n) is 10.4. The minimum atomic E-state index is -1.85. The summed E-state index contributed by atoms with van der Waals surface area (Å²) in [5.74, 6) is -3.00. The molecule has 4 aromatic rings. The van der Waals surface area contributed by atoms with Gasteiger partial charge in [0.15, 0.2) is 28.8 Å². The van der Waals surface area contributed by atoms with E-state index in [4.69, 9.17) is 0 Å². The van der Waals surface area contributed by atoms with E-state index in [1.807, 2.05) is 6.07 Å². The van der Waals surface area contributed by atoms with E-state index in [0.717, 1.165) is 19.0 Å². The van der Waals surface area contributed by atoms with Crippen LogP contribution in [0.15, 0.2) is 61.1 Å². The number of rotatable bonds is 8. The third-order valence-electron chi connectivity index (χ3n) is 7.36. The third-order valence-corrected chi connectivity index (χ3v) is 7.36. The molecule has 0 aliphatic heterocycles. The number of anilines is 4. The zero-order chi connectivity index (χ0) is 28.6. The molecule has 0 unspecified atom stereocenters. The van der Waals surface area contributed by atoms with E-state index < -0.39 is 23.6 Å². The molecule has 2 amide bonds. The number of benzene rings is 1. The van der Waals surface area contributed by atoms with Crippen molar-refractivity contribution < 1.29 is 23.5 Å². The van der Waals surface area contributed by atoms with Crippen LogP contribution in [0.1, 0.15) is 49.0 Å². The number of nitrogens with zero attached hydrogens (tertiary/aromatic N) is 5. The van der Waals surface area contributed by atoms with Gasteiger partial charge in [-0.25, -0.2) is 23.1 Å². The number of aromatic nitrogens is 4. The Labute approximate surface area is 233 Å². The maximum atomic E-state index is 16.1.